The Hall–Kier alpha value is -2.08. The minimum atomic E-state index is -0.500. The van der Waals surface area contributed by atoms with Gasteiger partial charge < -0.3 is 20.3 Å². The molecule has 25 heavy (non-hydrogen) atoms. The highest BCUT2D eigenvalue weighted by atomic mass is 16.6. The molecule has 2 atom stereocenters. The monoisotopic (exact) mass is 345 g/mol. The number of amides is 2. The second kappa shape index (κ2) is 7.87. The number of hydrogen-bond donors (Lipinski definition) is 1. The molecule has 0 radical (unpaired) electrons. The van der Waals surface area contributed by atoms with Crippen molar-refractivity contribution in [1.29, 1.82) is 0 Å². The molecule has 1 aliphatic heterocycles. The summed E-state index contributed by atoms with van der Waals surface area (Å²) in [5.41, 5.74) is 6.76. The Morgan fingerprint density at radius 2 is 2.00 bits per heavy atom. The van der Waals surface area contributed by atoms with Crippen LogP contribution in [0.3, 0.4) is 0 Å². The molecular weight excluding hydrogens is 318 g/mol. The topological polar surface area (TPSA) is 75.9 Å². The maximum atomic E-state index is 12.5. The Morgan fingerprint density at radius 1 is 1.28 bits per heavy atom. The Balaban J connectivity index is 1.57. The fourth-order valence-corrected chi connectivity index (χ4v) is 3.36. The highest BCUT2D eigenvalue weighted by Crippen LogP contribution is 2.30. The van der Waals surface area contributed by atoms with Crippen molar-refractivity contribution in [3.8, 4) is 0 Å². The summed E-state index contributed by atoms with van der Waals surface area (Å²) in [5, 5.41) is 0. The van der Waals surface area contributed by atoms with Crippen molar-refractivity contribution >= 4 is 12.0 Å². The van der Waals surface area contributed by atoms with Crippen LogP contribution in [-0.2, 0) is 16.1 Å². The molecule has 6 heteroatoms. The zero-order valence-electron chi connectivity index (χ0n) is 14.8. The molecule has 1 saturated carbocycles. The predicted molar refractivity (Wildman–Crippen MR) is 94.7 cm³/mol. The average molecular weight is 345 g/mol. The number of benzene rings is 1. The van der Waals surface area contributed by atoms with Gasteiger partial charge in [-0.05, 0) is 38.2 Å². The quantitative estimate of drug-likeness (QED) is 0.857. The number of nitrogens with two attached hydrogens (primary N) is 1. The highest BCUT2D eigenvalue weighted by Gasteiger charge is 2.38. The van der Waals surface area contributed by atoms with E-state index in [0.29, 0.717) is 19.1 Å². The van der Waals surface area contributed by atoms with Gasteiger partial charge in [-0.15, -0.1) is 0 Å². The summed E-state index contributed by atoms with van der Waals surface area (Å²) in [6.45, 7) is 3.24. The fraction of sp³-hybridized carbons (Fsp3) is 0.579. The fourth-order valence-electron chi connectivity index (χ4n) is 3.36. The van der Waals surface area contributed by atoms with Crippen LogP contribution >= 0.6 is 0 Å². The van der Waals surface area contributed by atoms with Crippen LogP contribution in [0.15, 0.2) is 30.3 Å². The van der Waals surface area contributed by atoms with E-state index in [1.54, 1.807) is 11.8 Å². The molecule has 1 saturated heterocycles. The molecule has 2 aliphatic rings. The van der Waals surface area contributed by atoms with Gasteiger partial charge in [-0.3, -0.25) is 4.79 Å². The number of nitrogens with zero attached hydrogens (tertiary/aromatic N) is 2. The van der Waals surface area contributed by atoms with Crippen molar-refractivity contribution in [1.82, 2.24) is 9.80 Å². The van der Waals surface area contributed by atoms with Gasteiger partial charge in [-0.1, -0.05) is 30.3 Å². The number of ether oxygens (including phenoxy) is 1. The van der Waals surface area contributed by atoms with Crippen LogP contribution in [0.2, 0.25) is 0 Å². The first-order chi connectivity index (χ1) is 12.1. The molecule has 2 amide bonds. The first-order valence-electron chi connectivity index (χ1n) is 9.09. The van der Waals surface area contributed by atoms with E-state index in [-0.39, 0.29) is 24.6 Å². The van der Waals surface area contributed by atoms with Crippen LogP contribution in [0.25, 0.3) is 0 Å². The Labute approximate surface area is 148 Å². The summed E-state index contributed by atoms with van der Waals surface area (Å²) < 4.78 is 5.47. The summed E-state index contributed by atoms with van der Waals surface area (Å²) in [4.78, 5) is 28.5. The largest absolute Gasteiger partial charge is 0.445 e. The van der Waals surface area contributed by atoms with Crippen LogP contribution in [0.5, 0.6) is 0 Å². The molecule has 0 unspecified atom stereocenters. The van der Waals surface area contributed by atoms with E-state index >= 15 is 0 Å². The Bertz CT molecular complexity index is 601. The summed E-state index contributed by atoms with van der Waals surface area (Å²) >= 11 is 0. The molecule has 136 valence electrons. The van der Waals surface area contributed by atoms with Crippen molar-refractivity contribution in [2.75, 3.05) is 13.1 Å². The minimum absolute atomic E-state index is 0.0200. The third-order valence-corrected chi connectivity index (χ3v) is 4.88. The molecule has 1 heterocycles. The Kier molecular flexibility index (Phi) is 5.58. The number of carbonyl (C=O) groups is 2. The molecule has 0 bridgehead atoms. The summed E-state index contributed by atoms with van der Waals surface area (Å²) in [6, 6.07) is 9.47. The van der Waals surface area contributed by atoms with Gasteiger partial charge in [0, 0.05) is 19.1 Å². The van der Waals surface area contributed by atoms with E-state index in [1.165, 1.54) is 0 Å². The van der Waals surface area contributed by atoms with Gasteiger partial charge in [-0.25, -0.2) is 4.79 Å². The van der Waals surface area contributed by atoms with Crippen LogP contribution < -0.4 is 5.73 Å². The molecule has 1 aromatic carbocycles. The maximum absolute atomic E-state index is 12.5. The lowest BCUT2D eigenvalue weighted by Gasteiger charge is -2.31. The van der Waals surface area contributed by atoms with Gasteiger partial charge in [-0.2, -0.15) is 0 Å². The summed E-state index contributed by atoms with van der Waals surface area (Å²) in [6.07, 6.45) is 3.61. The van der Waals surface area contributed by atoms with E-state index in [1.807, 2.05) is 35.2 Å². The van der Waals surface area contributed by atoms with Crippen molar-refractivity contribution in [3.05, 3.63) is 35.9 Å². The third-order valence-electron chi connectivity index (χ3n) is 4.88. The number of rotatable bonds is 6. The number of likely N-dealkylation sites (tertiary alicyclic amines) is 1. The van der Waals surface area contributed by atoms with Gasteiger partial charge >= 0.3 is 6.09 Å². The van der Waals surface area contributed by atoms with Crippen molar-refractivity contribution in [2.24, 2.45) is 5.73 Å². The second-order valence-corrected chi connectivity index (χ2v) is 7.04. The molecule has 6 nitrogen and oxygen atoms in total. The molecule has 2 N–H and O–H groups in total. The first-order valence-corrected chi connectivity index (χ1v) is 9.09. The lowest BCUT2D eigenvalue weighted by molar-refractivity contribution is -0.133. The van der Waals surface area contributed by atoms with Crippen LogP contribution in [0, 0.1) is 0 Å². The van der Waals surface area contributed by atoms with E-state index in [4.69, 9.17) is 10.5 Å². The van der Waals surface area contributed by atoms with Gasteiger partial charge in [0.15, 0.2) is 0 Å². The lowest BCUT2D eigenvalue weighted by Crippen LogP contribution is -2.50. The minimum Gasteiger partial charge on any atom is -0.445 e. The molecule has 0 aromatic heterocycles. The molecular formula is C19H27N3O3. The highest BCUT2D eigenvalue weighted by molar-refractivity contribution is 5.82. The van der Waals surface area contributed by atoms with E-state index < -0.39 is 6.04 Å². The smallest absolute Gasteiger partial charge is 0.410 e. The van der Waals surface area contributed by atoms with E-state index in [2.05, 4.69) is 0 Å². The first kappa shape index (κ1) is 17.7. The molecule has 0 spiro atoms. The normalized spacial score (nSPS) is 21.0. The average Bonchev–Trinajstić information content (AvgIpc) is 3.35. The SMILES string of the molecule is C[C@H](N)C(=O)N(C[C@H]1CCCN1C(=O)OCc1ccccc1)C1CC1. The van der Waals surface area contributed by atoms with Crippen LogP contribution in [-0.4, -0.2) is 53.0 Å². The van der Waals surface area contributed by atoms with Gasteiger partial charge in [0.25, 0.3) is 0 Å². The maximum Gasteiger partial charge on any atom is 0.410 e. The van der Waals surface area contributed by atoms with Crippen molar-refractivity contribution in [3.63, 3.8) is 0 Å². The summed E-state index contributed by atoms with van der Waals surface area (Å²) in [5.74, 6) is -0.0213. The molecule has 1 aromatic rings. The van der Waals surface area contributed by atoms with Gasteiger partial charge in [0.1, 0.15) is 6.61 Å². The van der Waals surface area contributed by atoms with E-state index in [9.17, 15) is 9.59 Å². The van der Waals surface area contributed by atoms with Gasteiger partial charge in [0.05, 0.1) is 12.1 Å². The van der Waals surface area contributed by atoms with E-state index in [0.717, 1.165) is 31.2 Å². The van der Waals surface area contributed by atoms with Crippen LogP contribution in [0.1, 0.15) is 38.2 Å². The van der Waals surface area contributed by atoms with Crippen LogP contribution in [0.4, 0.5) is 4.79 Å². The number of hydrogen-bond acceptors (Lipinski definition) is 4. The Morgan fingerprint density at radius 3 is 2.64 bits per heavy atom. The lowest BCUT2D eigenvalue weighted by atomic mass is 10.2. The molecule has 3 rings (SSSR count). The zero-order valence-corrected chi connectivity index (χ0v) is 14.8. The standard InChI is InChI=1S/C19H27N3O3/c1-14(20)18(23)22(16-9-10-16)12-17-8-5-11-21(17)19(24)25-13-15-6-3-2-4-7-15/h2-4,6-7,14,16-17H,5,8-13,20H2,1H3/t14-,17+/m0/s1. The van der Waals surface area contributed by atoms with Crippen molar-refractivity contribution in [2.45, 2.75) is 57.3 Å². The van der Waals surface area contributed by atoms with Gasteiger partial charge in [0.2, 0.25) is 5.91 Å². The molecule has 2 fully saturated rings. The number of carbonyl (C=O) groups excluding carboxylic acids is 2. The second-order valence-electron chi connectivity index (χ2n) is 7.04. The third kappa shape index (κ3) is 4.51. The summed E-state index contributed by atoms with van der Waals surface area (Å²) in [7, 11) is 0. The van der Waals surface area contributed by atoms with Crippen molar-refractivity contribution < 1.29 is 14.3 Å². The zero-order chi connectivity index (χ0) is 17.8. The molecule has 1 aliphatic carbocycles. The predicted octanol–water partition coefficient (Wildman–Crippen LogP) is 2.13.